The van der Waals surface area contributed by atoms with E-state index in [2.05, 4.69) is 374 Å². The number of hydrogen-bond donors (Lipinski definition) is 0. The molecule has 0 atom stereocenters. The molecule has 0 aliphatic rings. The molecule has 96 heavy (non-hydrogen) atoms. The Morgan fingerprint density at radius 3 is 0.573 bits per heavy atom. The van der Waals surface area contributed by atoms with Gasteiger partial charge < -0.3 is 9.80 Å². The Balaban J connectivity index is 0.745. The zero-order valence-corrected chi connectivity index (χ0v) is 52.7. The number of anilines is 6. The largest absolute Gasteiger partial charge is 0.310 e. The van der Waals surface area contributed by atoms with Gasteiger partial charge in [-0.05, 0) is 174 Å². The van der Waals surface area contributed by atoms with Crippen molar-refractivity contribution in [2.45, 2.75) is 0 Å². The summed E-state index contributed by atoms with van der Waals surface area (Å²) in [4.78, 5) is 15.5. The molecule has 0 fully saturated rings. The van der Waals surface area contributed by atoms with Crippen molar-refractivity contribution in [2.75, 3.05) is 9.80 Å². The molecule has 0 aliphatic heterocycles. The summed E-state index contributed by atoms with van der Waals surface area (Å²) in [6, 6.07) is 139. The topological polar surface area (TPSA) is 32.3 Å². The fourth-order valence-corrected chi connectivity index (χ4v) is 13.0. The van der Waals surface area contributed by atoms with E-state index < -0.39 is 0 Å². The van der Waals surface area contributed by atoms with E-state index in [-0.39, 0.29) is 0 Å². The molecule has 0 saturated heterocycles. The number of fused-ring (bicyclic) bond motifs is 1. The van der Waals surface area contributed by atoms with Crippen LogP contribution in [0.5, 0.6) is 0 Å². The summed E-state index contributed by atoms with van der Waals surface area (Å²) in [5, 5.41) is 0. The number of rotatable bonds is 16. The average molecular weight is 1230 g/mol. The molecule has 0 unspecified atom stereocenters. The molecular weight excluding hydrogens is 1160 g/mol. The number of benzene rings is 15. The molecule has 452 valence electrons. The second-order valence-electron chi connectivity index (χ2n) is 24.1. The zero-order valence-electron chi connectivity index (χ0n) is 52.7. The first-order valence-electron chi connectivity index (χ1n) is 32.7. The van der Waals surface area contributed by atoms with E-state index in [0.717, 1.165) is 112 Å². The third-order valence-corrected chi connectivity index (χ3v) is 18.1. The number of para-hydroxylation sites is 2. The SMILES string of the molecule is c1ccc(-c2ccc(-c3ccc(N(c4ccc(-c5nc6ccccc6nc5-c5ccc(N(c6ccc(-c7ccc(-c8ccccc8)cc7)cc6)c6cccc(-c7ccc(-c8ccccc8)cc7)c6)cc5)cc4)c4cccc(-c5ccc(-c6ccccc6)cc5)c4)cc3)cc2)cc1. The fraction of sp³-hybridized carbons (Fsp3) is 0. The van der Waals surface area contributed by atoms with Crippen molar-refractivity contribution in [3.05, 3.63) is 388 Å². The van der Waals surface area contributed by atoms with Crippen molar-refractivity contribution in [1.82, 2.24) is 9.97 Å². The lowest BCUT2D eigenvalue weighted by Gasteiger charge is -2.27. The van der Waals surface area contributed by atoms with Gasteiger partial charge in [-0.1, -0.05) is 303 Å². The third kappa shape index (κ3) is 12.3. The summed E-state index contributed by atoms with van der Waals surface area (Å²) in [7, 11) is 0. The van der Waals surface area contributed by atoms with Gasteiger partial charge in [0.1, 0.15) is 0 Å². The average Bonchev–Trinajstić information content (AvgIpc) is 0.815. The molecule has 0 aliphatic carbocycles. The Hall–Kier alpha value is -12.8. The smallest absolute Gasteiger partial charge is 0.0973 e. The van der Waals surface area contributed by atoms with Crippen molar-refractivity contribution < 1.29 is 0 Å². The lowest BCUT2D eigenvalue weighted by atomic mass is 9.99. The van der Waals surface area contributed by atoms with Gasteiger partial charge in [0.2, 0.25) is 0 Å². The van der Waals surface area contributed by atoms with Gasteiger partial charge in [-0.25, -0.2) is 9.97 Å². The van der Waals surface area contributed by atoms with Crippen LogP contribution in [0.4, 0.5) is 34.1 Å². The molecule has 0 spiro atoms. The van der Waals surface area contributed by atoms with Crippen LogP contribution in [0.1, 0.15) is 0 Å². The van der Waals surface area contributed by atoms with Crippen molar-refractivity contribution in [2.24, 2.45) is 0 Å². The standard InChI is InChI=1S/C92H64N4/c1-5-17-65(18-6-1)69-31-35-73(36-32-69)75-47-55-83(56-48-75)95(87-27-15-25-81(63-87)77-43-39-71(40-44-77)67-21-9-3-10-22-67)85-59-51-79(52-60-85)91-92(94-90-30-14-13-29-89(90)93-91)80-53-61-86(62-54-80)96(84-57-49-76(50-58-84)74-37-33-70(34-38-74)66-19-7-2-8-20-66)88-28-16-26-82(64-88)78-45-41-72(42-46-78)68-23-11-4-12-24-68/h1-64H. The van der Waals surface area contributed by atoms with Crippen molar-refractivity contribution in [3.8, 4) is 112 Å². The van der Waals surface area contributed by atoms with Crippen molar-refractivity contribution in [3.63, 3.8) is 0 Å². The van der Waals surface area contributed by atoms with E-state index in [1.807, 2.05) is 24.3 Å². The number of nitrogens with zero attached hydrogens (tertiary/aromatic N) is 4. The van der Waals surface area contributed by atoms with Crippen LogP contribution >= 0.6 is 0 Å². The van der Waals surface area contributed by atoms with Crippen LogP contribution in [0.2, 0.25) is 0 Å². The summed E-state index contributed by atoms with van der Waals surface area (Å²) >= 11 is 0. The quantitative estimate of drug-likeness (QED) is 0.0965. The fourth-order valence-electron chi connectivity index (χ4n) is 13.0. The molecule has 15 aromatic carbocycles. The molecule has 0 radical (unpaired) electrons. The maximum absolute atomic E-state index is 5.42. The molecule has 16 aromatic rings. The van der Waals surface area contributed by atoms with E-state index in [1.54, 1.807) is 0 Å². The first-order valence-corrected chi connectivity index (χ1v) is 32.7. The highest BCUT2D eigenvalue weighted by Gasteiger charge is 2.20. The Morgan fingerprint density at radius 1 is 0.135 bits per heavy atom. The van der Waals surface area contributed by atoms with E-state index >= 15 is 0 Å². The van der Waals surface area contributed by atoms with Crippen LogP contribution in [0.15, 0.2) is 388 Å². The Labute approximate surface area is 561 Å². The maximum Gasteiger partial charge on any atom is 0.0973 e. The van der Waals surface area contributed by atoms with Gasteiger partial charge >= 0.3 is 0 Å². The van der Waals surface area contributed by atoms with Crippen molar-refractivity contribution in [1.29, 1.82) is 0 Å². The van der Waals surface area contributed by atoms with Crippen molar-refractivity contribution >= 4 is 45.2 Å². The summed E-state index contributed by atoms with van der Waals surface area (Å²) in [5.41, 5.74) is 30.1. The van der Waals surface area contributed by atoms with Crippen LogP contribution < -0.4 is 9.80 Å². The maximum atomic E-state index is 5.42. The van der Waals surface area contributed by atoms with Crippen LogP contribution in [0, 0.1) is 0 Å². The minimum absolute atomic E-state index is 0.804. The summed E-state index contributed by atoms with van der Waals surface area (Å²) in [6.07, 6.45) is 0. The lowest BCUT2D eigenvalue weighted by molar-refractivity contribution is 1.26. The lowest BCUT2D eigenvalue weighted by Crippen LogP contribution is -2.10. The van der Waals surface area contributed by atoms with Gasteiger partial charge in [0.05, 0.1) is 22.4 Å². The van der Waals surface area contributed by atoms with Gasteiger partial charge in [-0.15, -0.1) is 0 Å². The molecule has 1 aromatic heterocycles. The first kappa shape index (κ1) is 58.3. The summed E-state index contributed by atoms with van der Waals surface area (Å²) in [5.74, 6) is 0. The van der Waals surface area contributed by atoms with Gasteiger partial charge in [0.15, 0.2) is 0 Å². The van der Waals surface area contributed by atoms with Gasteiger partial charge in [-0.3, -0.25) is 0 Å². The Morgan fingerprint density at radius 2 is 0.323 bits per heavy atom. The molecule has 0 saturated carbocycles. The Kier molecular flexibility index (Phi) is 16.1. The summed E-state index contributed by atoms with van der Waals surface area (Å²) in [6.45, 7) is 0. The molecule has 4 heteroatoms. The van der Waals surface area contributed by atoms with Gasteiger partial charge in [-0.2, -0.15) is 0 Å². The molecule has 1 heterocycles. The molecule has 0 N–H and O–H groups in total. The van der Waals surface area contributed by atoms with Gasteiger partial charge in [0.25, 0.3) is 0 Å². The normalized spacial score (nSPS) is 11.1. The molecular formula is C92H64N4. The zero-order chi connectivity index (χ0) is 64.0. The number of hydrogen-bond acceptors (Lipinski definition) is 4. The van der Waals surface area contributed by atoms with E-state index in [1.165, 1.54) is 44.5 Å². The van der Waals surface area contributed by atoms with E-state index in [0.29, 0.717) is 0 Å². The third-order valence-electron chi connectivity index (χ3n) is 18.1. The molecule has 16 rings (SSSR count). The predicted octanol–water partition coefficient (Wildman–Crippen LogP) is 25.2. The highest BCUT2D eigenvalue weighted by molar-refractivity contribution is 5.90. The number of aromatic nitrogens is 2. The van der Waals surface area contributed by atoms with Crippen LogP contribution in [0.25, 0.3) is 123 Å². The van der Waals surface area contributed by atoms with Crippen LogP contribution in [-0.2, 0) is 0 Å². The molecule has 4 nitrogen and oxygen atoms in total. The highest BCUT2D eigenvalue weighted by Crippen LogP contribution is 2.43. The van der Waals surface area contributed by atoms with Crippen LogP contribution in [0.3, 0.4) is 0 Å². The Bertz CT molecular complexity index is 4960. The second kappa shape index (κ2) is 26.5. The summed E-state index contributed by atoms with van der Waals surface area (Å²) < 4.78 is 0. The van der Waals surface area contributed by atoms with Gasteiger partial charge in [0, 0.05) is 45.3 Å². The molecule has 0 amide bonds. The van der Waals surface area contributed by atoms with E-state index in [4.69, 9.17) is 9.97 Å². The van der Waals surface area contributed by atoms with Crippen LogP contribution in [-0.4, -0.2) is 9.97 Å². The van der Waals surface area contributed by atoms with E-state index in [9.17, 15) is 0 Å². The monoisotopic (exact) mass is 1220 g/mol. The minimum atomic E-state index is 0.804. The minimum Gasteiger partial charge on any atom is -0.310 e. The predicted molar refractivity (Wildman–Crippen MR) is 403 cm³/mol. The molecule has 0 bridgehead atoms. The second-order valence-corrected chi connectivity index (χ2v) is 24.1. The first-order chi connectivity index (χ1) is 47.5. The highest BCUT2D eigenvalue weighted by atomic mass is 15.1.